The Labute approximate surface area is 135 Å². The summed E-state index contributed by atoms with van der Waals surface area (Å²) >= 11 is 0.493. The lowest BCUT2D eigenvalue weighted by Gasteiger charge is -2.03. The van der Waals surface area contributed by atoms with Gasteiger partial charge in [0.25, 0.3) is 0 Å². The standard InChI is InChI=1S/C17H10N2O3S/c20-15-11-19(16(21)17(22)23-15)14-9-8-13(10-18-14)7-6-12-4-2-1-3-5-12/h1-5,8-11,20H. The number of aromatic nitrogens is 2. The fraction of sp³-hybridized carbons (Fsp3) is 0. The molecular formula is C17H10N2O3S. The maximum atomic E-state index is 11.8. The average Bonchev–Trinajstić information content (AvgIpc) is 2.58. The summed E-state index contributed by atoms with van der Waals surface area (Å²) in [4.78, 5) is 27.4. The Bertz CT molecular complexity index is 1010. The van der Waals surface area contributed by atoms with Crippen LogP contribution in [0.15, 0.2) is 64.4 Å². The molecule has 1 aromatic carbocycles. The highest BCUT2D eigenvalue weighted by Crippen LogP contribution is 2.11. The van der Waals surface area contributed by atoms with Gasteiger partial charge in [-0.1, -0.05) is 41.4 Å². The van der Waals surface area contributed by atoms with Gasteiger partial charge in [0, 0.05) is 17.3 Å². The van der Waals surface area contributed by atoms with Crippen LogP contribution in [0.25, 0.3) is 5.82 Å². The van der Waals surface area contributed by atoms with E-state index in [1.807, 2.05) is 30.3 Å². The lowest BCUT2D eigenvalue weighted by atomic mass is 10.2. The third-order valence-corrected chi connectivity index (χ3v) is 3.62. The van der Waals surface area contributed by atoms with Crippen molar-refractivity contribution in [2.24, 2.45) is 0 Å². The molecule has 0 aliphatic heterocycles. The Morgan fingerprint density at radius 1 is 1.00 bits per heavy atom. The van der Waals surface area contributed by atoms with Crippen molar-refractivity contribution in [2.45, 2.75) is 0 Å². The highest BCUT2D eigenvalue weighted by molar-refractivity contribution is 7.10. The van der Waals surface area contributed by atoms with Crippen LogP contribution in [0.3, 0.4) is 0 Å². The molecule has 6 heteroatoms. The van der Waals surface area contributed by atoms with Crippen LogP contribution in [0.1, 0.15) is 11.1 Å². The third kappa shape index (κ3) is 3.36. The number of pyridine rings is 1. The van der Waals surface area contributed by atoms with Crippen LogP contribution < -0.4 is 10.3 Å². The molecule has 1 N–H and O–H groups in total. The van der Waals surface area contributed by atoms with Crippen LogP contribution in [-0.4, -0.2) is 14.7 Å². The molecule has 0 unspecified atom stereocenters. The summed E-state index contributed by atoms with van der Waals surface area (Å²) in [6.07, 6.45) is 2.68. The molecule has 0 saturated carbocycles. The zero-order valence-electron chi connectivity index (χ0n) is 11.8. The van der Waals surface area contributed by atoms with Crippen LogP contribution in [0, 0.1) is 11.8 Å². The van der Waals surface area contributed by atoms with Gasteiger partial charge in [0.05, 0.1) is 6.20 Å². The predicted octanol–water partition coefficient (Wildman–Crippen LogP) is 1.76. The fourth-order valence-electron chi connectivity index (χ4n) is 1.87. The molecule has 0 atom stereocenters. The molecule has 0 radical (unpaired) electrons. The first-order valence-corrected chi connectivity index (χ1v) is 7.44. The Morgan fingerprint density at radius 2 is 1.74 bits per heavy atom. The van der Waals surface area contributed by atoms with Gasteiger partial charge in [-0.2, -0.15) is 0 Å². The van der Waals surface area contributed by atoms with Crippen LogP contribution in [0.5, 0.6) is 5.06 Å². The molecule has 0 aliphatic carbocycles. The largest absolute Gasteiger partial charge is 0.498 e. The Morgan fingerprint density at radius 3 is 2.43 bits per heavy atom. The van der Waals surface area contributed by atoms with E-state index < -0.39 is 10.3 Å². The summed E-state index contributed by atoms with van der Waals surface area (Å²) in [7, 11) is 0. The van der Waals surface area contributed by atoms with E-state index in [0.29, 0.717) is 16.9 Å². The van der Waals surface area contributed by atoms with Crippen molar-refractivity contribution >= 4 is 11.3 Å². The van der Waals surface area contributed by atoms with Crippen LogP contribution in [-0.2, 0) is 0 Å². The van der Waals surface area contributed by atoms with Crippen LogP contribution in [0.4, 0.5) is 0 Å². The van der Waals surface area contributed by atoms with E-state index in [0.717, 1.165) is 10.1 Å². The summed E-state index contributed by atoms with van der Waals surface area (Å²) in [5, 5.41) is 9.21. The predicted molar refractivity (Wildman–Crippen MR) is 88.1 cm³/mol. The average molecular weight is 322 g/mol. The van der Waals surface area contributed by atoms with Gasteiger partial charge in [-0.25, -0.2) is 4.98 Å². The monoisotopic (exact) mass is 322 g/mol. The van der Waals surface area contributed by atoms with Crippen molar-refractivity contribution < 1.29 is 5.11 Å². The first kappa shape index (κ1) is 14.8. The second kappa shape index (κ2) is 6.30. The van der Waals surface area contributed by atoms with Gasteiger partial charge in [-0.15, -0.1) is 0 Å². The van der Waals surface area contributed by atoms with Gasteiger partial charge in [-0.05, 0) is 24.3 Å². The lowest BCUT2D eigenvalue weighted by Crippen LogP contribution is -2.30. The number of nitrogens with zero attached hydrogens (tertiary/aromatic N) is 2. The van der Waals surface area contributed by atoms with Gasteiger partial charge in [0.1, 0.15) is 5.82 Å². The van der Waals surface area contributed by atoms with E-state index in [4.69, 9.17) is 0 Å². The van der Waals surface area contributed by atoms with Crippen molar-refractivity contribution in [3.8, 4) is 22.7 Å². The van der Waals surface area contributed by atoms with Gasteiger partial charge < -0.3 is 5.11 Å². The summed E-state index contributed by atoms with van der Waals surface area (Å²) in [6, 6.07) is 12.8. The zero-order chi connectivity index (χ0) is 16.2. The number of hydrogen-bond acceptors (Lipinski definition) is 5. The topological polar surface area (TPSA) is 72.2 Å². The van der Waals surface area contributed by atoms with Crippen molar-refractivity contribution in [3.05, 3.63) is 85.9 Å². The second-order valence-electron chi connectivity index (χ2n) is 4.55. The molecule has 3 aromatic rings. The first-order valence-electron chi connectivity index (χ1n) is 6.63. The van der Waals surface area contributed by atoms with Crippen molar-refractivity contribution in [1.29, 1.82) is 0 Å². The lowest BCUT2D eigenvalue weighted by molar-refractivity contribution is 0.485. The number of aromatic hydroxyl groups is 1. The molecule has 0 amide bonds. The van der Waals surface area contributed by atoms with Crippen molar-refractivity contribution in [3.63, 3.8) is 0 Å². The van der Waals surface area contributed by atoms with Gasteiger partial charge in [0.15, 0.2) is 5.06 Å². The molecule has 23 heavy (non-hydrogen) atoms. The van der Waals surface area contributed by atoms with Gasteiger partial charge in [0.2, 0.25) is 0 Å². The number of rotatable bonds is 1. The van der Waals surface area contributed by atoms with Crippen LogP contribution >= 0.6 is 11.3 Å². The molecule has 0 fully saturated rings. The van der Waals surface area contributed by atoms with E-state index in [9.17, 15) is 14.7 Å². The van der Waals surface area contributed by atoms with Crippen molar-refractivity contribution in [2.75, 3.05) is 0 Å². The minimum Gasteiger partial charge on any atom is -0.498 e. The number of benzene rings is 1. The molecule has 0 saturated heterocycles. The highest BCUT2D eigenvalue weighted by atomic mass is 32.1. The van der Waals surface area contributed by atoms with E-state index in [1.54, 1.807) is 12.1 Å². The zero-order valence-corrected chi connectivity index (χ0v) is 12.6. The highest BCUT2D eigenvalue weighted by Gasteiger charge is 2.07. The maximum Gasteiger partial charge on any atom is 0.315 e. The molecule has 3 rings (SSSR count). The molecule has 112 valence electrons. The normalized spacial score (nSPS) is 9.91. The van der Waals surface area contributed by atoms with E-state index >= 15 is 0 Å². The molecule has 2 aromatic heterocycles. The van der Waals surface area contributed by atoms with Gasteiger partial charge >= 0.3 is 10.3 Å². The Hall–Kier alpha value is -3.17. The van der Waals surface area contributed by atoms with E-state index in [1.165, 1.54) is 12.4 Å². The molecule has 5 nitrogen and oxygen atoms in total. The first-order chi connectivity index (χ1) is 11.1. The van der Waals surface area contributed by atoms with Crippen LogP contribution in [0.2, 0.25) is 0 Å². The minimum absolute atomic E-state index is 0.246. The molecule has 2 heterocycles. The van der Waals surface area contributed by atoms with Crippen molar-refractivity contribution in [1.82, 2.24) is 9.55 Å². The number of hydrogen-bond donors (Lipinski definition) is 1. The summed E-state index contributed by atoms with van der Waals surface area (Å²) in [5.74, 6) is 6.22. The SMILES string of the molecule is O=c1sc(O)cn(-c2ccc(C#Cc3ccccc3)cn2)c1=O. The molecule has 0 aliphatic rings. The summed E-state index contributed by atoms with van der Waals surface area (Å²) in [6.45, 7) is 0. The fourth-order valence-corrected chi connectivity index (χ4v) is 2.40. The molecule has 0 spiro atoms. The van der Waals surface area contributed by atoms with E-state index in [2.05, 4.69) is 16.8 Å². The summed E-state index contributed by atoms with van der Waals surface area (Å²) < 4.78 is 0.266. The minimum atomic E-state index is -0.750. The third-order valence-electron chi connectivity index (χ3n) is 2.95. The van der Waals surface area contributed by atoms with E-state index in [-0.39, 0.29) is 10.9 Å². The molecule has 0 bridgehead atoms. The Kier molecular flexibility index (Phi) is 4.04. The maximum absolute atomic E-state index is 11.8. The van der Waals surface area contributed by atoms with Gasteiger partial charge in [-0.3, -0.25) is 14.2 Å². The summed E-state index contributed by atoms with van der Waals surface area (Å²) in [5.41, 5.74) is 0.817. The Balaban J connectivity index is 1.94. The molecular weight excluding hydrogens is 312 g/mol. The smallest absolute Gasteiger partial charge is 0.315 e. The second-order valence-corrected chi connectivity index (χ2v) is 5.55. The quantitative estimate of drug-likeness (QED) is 0.547.